The lowest BCUT2D eigenvalue weighted by molar-refractivity contribution is 0.356. The number of halogens is 1. The molecule has 0 aromatic carbocycles. The van der Waals surface area contributed by atoms with Gasteiger partial charge in [0.15, 0.2) is 0 Å². The minimum Gasteiger partial charge on any atom is -0.326 e. The van der Waals surface area contributed by atoms with Crippen molar-refractivity contribution in [2.24, 2.45) is 5.73 Å². The Morgan fingerprint density at radius 1 is 1.58 bits per heavy atom. The fraction of sp³-hybridized carbons (Fsp3) is 0.625. The highest BCUT2D eigenvalue weighted by atomic mass is 35.5. The summed E-state index contributed by atoms with van der Waals surface area (Å²) in [5, 5.41) is 4.81. The van der Waals surface area contributed by atoms with E-state index in [4.69, 9.17) is 17.3 Å². The molecule has 2 N–H and O–H groups in total. The number of hydrogen-bond donors (Lipinski definition) is 1. The summed E-state index contributed by atoms with van der Waals surface area (Å²) in [6.07, 6.45) is 1.72. The van der Waals surface area contributed by atoms with Crippen LogP contribution in [0.5, 0.6) is 0 Å². The number of nitrogens with zero attached hydrogens (tertiary/aromatic N) is 2. The van der Waals surface area contributed by atoms with E-state index in [0.29, 0.717) is 11.7 Å². The molecule has 0 atom stereocenters. The summed E-state index contributed by atoms with van der Waals surface area (Å²) in [7, 11) is 0. The van der Waals surface area contributed by atoms with Crippen LogP contribution in [0.3, 0.4) is 0 Å². The molecule has 0 amide bonds. The minimum absolute atomic E-state index is 0.0789. The van der Waals surface area contributed by atoms with E-state index in [0.717, 1.165) is 5.56 Å². The zero-order valence-corrected chi connectivity index (χ0v) is 8.39. The van der Waals surface area contributed by atoms with Gasteiger partial charge in [-0.3, -0.25) is 0 Å². The second-order valence-electron chi connectivity index (χ2n) is 3.75. The third kappa shape index (κ3) is 1.62. The van der Waals surface area contributed by atoms with Gasteiger partial charge in [-0.25, -0.2) is 4.68 Å². The normalized spacial score (nSPS) is 12.1. The third-order valence-corrected chi connectivity index (χ3v) is 2.04. The Hall–Kier alpha value is -0.540. The molecule has 0 saturated heterocycles. The second-order valence-corrected chi connectivity index (χ2v) is 4.11. The van der Waals surface area contributed by atoms with Crippen LogP contribution in [-0.2, 0) is 12.1 Å². The Morgan fingerprint density at radius 2 is 2.17 bits per heavy atom. The average Bonchev–Trinajstić information content (AvgIpc) is 2.29. The maximum Gasteiger partial charge on any atom is 0.132 e. The van der Waals surface area contributed by atoms with Crippen molar-refractivity contribution in [1.29, 1.82) is 0 Å². The standard InChI is InChI=1S/C8H14ClN3/c1-8(2,3)12-7(9)6(4-10)5-11-12/h5H,4,10H2,1-3H3. The van der Waals surface area contributed by atoms with E-state index in [2.05, 4.69) is 5.10 Å². The van der Waals surface area contributed by atoms with Gasteiger partial charge < -0.3 is 5.73 Å². The molecule has 0 bridgehead atoms. The number of rotatable bonds is 1. The number of hydrogen-bond acceptors (Lipinski definition) is 2. The van der Waals surface area contributed by atoms with Gasteiger partial charge in [-0.15, -0.1) is 0 Å². The molecule has 3 nitrogen and oxygen atoms in total. The SMILES string of the molecule is CC(C)(C)n1ncc(CN)c1Cl. The lowest BCUT2D eigenvalue weighted by atomic mass is 10.1. The van der Waals surface area contributed by atoms with E-state index >= 15 is 0 Å². The van der Waals surface area contributed by atoms with Gasteiger partial charge in [0.25, 0.3) is 0 Å². The lowest BCUT2D eigenvalue weighted by Crippen LogP contribution is -2.23. The van der Waals surface area contributed by atoms with Crippen molar-refractivity contribution in [3.8, 4) is 0 Å². The molecule has 0 radical (unpaired) electrons. The molecule has 1 rings (SSSR count). The van der Waals surface area contributed by atoms with Gasteiger partial charge in [0.2, 0.25) is 0 Å². The van der Waals surface area contributed by atoms with Crippen molar-refractivity contribution in [1.82, 2.24) is 9.78 Å². The van der Waals surface area contributed by atoms with E-state index < -0.39 is 0 Å². The maximum atomic E-state index is 6.03. The molecule has 4 heteroatoms. The van der Waals surface area contributed by atoms with E-state index in [-0.39, 0.29) is 5.54 Å². The van der Waals surface area contributed by atoms with Gasteiger partial charge >= 0.3 is 0 Å². The molecule has 0 saturated carbocycles. The number of aromatic nitrogens is 2. The van der Waals surface area contributed by atoms with E-state index in [1.165, 1.54) is 0 Å². The van der Waals surface area contributed by atoms with Gasteiger partial charge in [0.05, 0.1) is 11.7 Å². The largest absolute Gasteiger partial charge is 0.326 e. The molecule has 0 aliphatic heterocycles. The fourth-order valence-electron chi connectivity index (χ4n) is 0.972. The highest BCUT2D eigenvalue weighted by Crippen LogP contribution is 2.22. The van der Waals surface area contributed by atoms with Gasteiger partial charge in [-0.2, -0.15) is 5.10 Å². The fourth-order valence-corrected chi connectivity index (χ4v) is 1.40. The monoisotopic (exact) mass is 187 g/mol. The zero-order chi connectivity index (χ0) is 9.35. The van der Waals surface area contributed by atoms with Crippen molar-refractivity contribution in [3.63, 3.8) is 0 Å². The Kier molecular flexibility index (Phi) is 2.44. The van der Waals surface area contributed by atoms with E-state index in [1.54, 1.807) is 10.9 Å². The number of nitrogens with two attached hydrogens (primary N) is 1. The average molecular weight is 188 g/mol. The van der Waals surface area contributed by atoms with Gasteiger partial charge in [-0.05, 0) is 20.8 Å². The Labute approximate surface area is 77.5 Å². The first-order valence-corrected chi connectivity index (χ1v) is 4.27. The molecule has 0 spiro atoms. The van der Waals surface area contributed by atoms with Crippen LogP contribution >= 0.6 is 11.6 Å². The highest BCUT2D eigenvalue weighted by Gasteiger charge is 2.18. The summed E-state index contributed by atoms with van der Waals surface area (Å²) < 4.78 is 1.77. The van der Waals surface area contributed by atoms with Crippen LogP contribution in [0, 0.1) is 0 Å². The van der Waals surface area contributed by atoms with Crippen LogP contribution < -0.4 is 5.73 Å². The summed E-state index contributed by atoms with van der Waals surface area (Å²) in [5.74, 6) is 0. The summed E-state index contributed by atoms with van der Waals surface area (Å²) in [6, 6.07) is 0. The molecule has 1 heterocycles. The van der Waals surface area contributed by atoms with Crippen molar-refractivity contribution in [2.45, 2.75) is 32.9 Å². The van der Waals surface area contributed by atoms with Crippen LogP contribution in [0.2, 0.25) is 5.15 Å². The Morgan fingerprint density at radius 3 is 2.42 bits per heavy atom. The topological polar surface area (TPSA) is 43.8 Å². The van der Waals surface area contributed by atoms with Crippen molar-refractivity contribution >= 4 is 11.6 Å². The molecule has 0 aliphatic carbocycles. The van der Waals surface area contributed by atoms with E-state index in [1.807, 2.05) is 20.8 Å². The van der Waals surface area contributed by atoms with Gasteiger partial charge in [0, 0.05) is 12.1 Å². The van der Waals surface area contributed by atoms with Crippen LogP contribution in [0.15, 0.2) is 6.20 Å². The summed E-state index contributed by atoms with van der Waals surface area (Å²) in [5.41, 5.74) is 6.29. The lowest BCUT2D eigenvalue weighted by Gasteiger charge is -2.20. The highest BCUT2D eigenvalue weighted by molar-refractivity contribution is 6.30. The summed E-state index contributed by atoms with van der Waals surface area (Å²) in [4.78, 5) is 0. The quantitative estimate of drug-likeness (QED) is 0.728. The molecule has 0 unspecified atom stereocenters. The van der Waals surface area contributed by atoms with Crippen molar-refractivity contribution in [2.75, 3.05) is 0 Å². The first-order chi connectivity index (χ1) is 5.46. The molecule has 1 aromatic heterocycles. The zero-order valence-electron chi connectivity index (χ0n) is 7.63. The van der Waals surface area contributed by atoms with Crippen LogP contribution in [0.1, 0.15) is 26.3 Å². The van der Waals surface area contributed by atoms with Crippen molar-refractivity contribution in [3.05, 3.63) is 16.9 Å². The predicted octanol–water partition coefficient (Wildman–Crippen LogP) is 1.75. The van der Waals surface area contributed by atoms with Crippen LogP contribution in [-0.4, -0.2) is 9.78 Å². The van der Waals surface area contributed by atoms with Crippen LogP contribution in [0.25, 0.3) is 0 Å². The summed E-state index contributed by atoms with van der Waals surface area (Å²) in [6.45, 7) is 6.58. The molecule has 0 aliphatic rings. The van der Waals surface area contributed by atoms with Crippen LogP contribution in [0.4, 0.5) is 0 Å². The minimum atomic E-state index is -0.0789. The van der Waals surface area contributed by atoms with Gasteiger partial charge in [0.1, 0.15) is 5.15 Å². The van der Waals surface area contributed by atoms with Gasteiger partial charge in [-0.1, -0.05) is 11.6 Å². The first-order valence-electron chi connectivity index (χ1n) is 3.89. The smallest absolute Gasteiger partial charge is 0.132 e. The maximum absolute atomic E-state index is 6.03. The third-order valence-electron chi connectivity index (χ3n) is 1.64. The molecular weight excluding hydrogens is 174 g/mol. The molecule has 12 heavy (non-hydrogen) atoms. The van der Waals surface area contributed by atoms with E-state index in [9.17, 15) is 0 Å². The Bertz CT molecular complexity index is 272. The Balaban J connectivity index is 3.11. The van der Waals surface area contributed by atoms with Crippen molar-refractivity contribution < 1.29 is 0 Å². The second kappa shape index (κ2) is 3.07. The molecule has 0 fully saturated rings. The first kappa shape index (κ1) is 9.55. The predicted molar refractivity (Wildman–Crippen MR) is 50.1 cm³/mol. The summed E-state index contributed by atoms with van der Waals surface area (Å²) >= 11 is 6.03. The molecule has 1 aromatic rings. The molecular formula is C8H14ClN3. The molecule has 68 valence electrons.